The zero-order valence-corrected chi connectivity index (χ0v) is 21.1. The summed E-state index contributed by atoms with van der Waals surface area (Å²) in [6.07, 6.45) is 2.32. The molecule has 2 aliphatic rings. The number of aromatic nitrogens is 1. The summed E-state index contributed by atoms with van der Waals surface area (Å²) < 4.78 is 54.7. The van der Waals surface area contributed by atoms with Crippen molar-refractivity contribution in [2.24, 2.45) is 0 Å². The van der Waals surface area contributed by atoms with Gasteiger partial charge < -0.3 is 24.3 Å². The van der Waals surface area contributed by atoms with E-state index < -0.39 is 52.8 Å². The normalized spacial score (nSPS) is 18.4. The van der Waals surface area contributed by atoms with E-state index in [1.165, 1.54) is 6.20 Å². The first-order valence-electron chi connectivity index (χ1n) is 12.5. The molecule has 39 heavy (non-hydrogen) atoms. The van der Waals surface area contributed by atoms with Crippen molar-refractivity contribution in [2.45, 2.75) is 38.1 Å². The van der Waals surface area contributed by atoms with Gasteiger partial charge in [-0.05, 0) is 18.4 Å². The van der Waals surface area contributed by atoms with Gasteiger partial charge in [0, 0.05) is 50.6 Å². The van der Waals surface area contributed by atoms with E-state index >= 15 is 0 Å². The van der Waals surface area contributed by atoms with E-state index in [1.807, 2.05) is 6.07 Å². The van der Waals surface area contributed by atoms with Gasteiger partial charge in [-0.25, -0.2) is 13.2 Å². The largest absolute Gasteiger partial charge is 0.483 e. The van der Waals surface area contributed by atoms with E-state index in [4.69, 9.17) is 9.47 Å². The third-order valence-corrected chi connectivity index (χ3v) is 7.10. The van der Waals surface area contributed by atoms with Crippen LogP contribution < -0.4 is 15.5 Å². The minimum absolute atomic E-state index is 0.0169. The Morgan fingerprint density at radius 2 is 1.82 bits per heavy atom. The Kier molecular flexibility index (Phi) is 7.42. The van der Waals surface area contributed by atoms with Crippen LogP contribution in [0.15, 0.2) is 53.5 Å². The van der Waals surface area contributed by atoms with Crippen molar-refractivity contribution in [3.8, 4) is 5.75 Å². The SMILES string of the molecule is COC1CCCN2CC1n1cc(C(=O)NCc3c(F)cc(F)cc3F)c(=O)c(OCc3ccccc3)c1C2=O. The van der Waals surface area contributed by atoms with Crippen LogP contribution in [0.4, 0.5) is 13.2 Å². The molecule has 3 heterocycles. The van der Waals surface area contributed by atoms with Crippen LogP contribution in [0.3, 0.4) is 0 Å². The van der Waals surface area contributed by atoms with Gasteiger partial charge in [0.05, 0.1) is 12.1 Å². The van der Waals surface area contributed by atoms with Gasteiger partial charge in [0.15, 0.2) is 11.4 Å². The van der Waals surface area contributed by atoms with E-state index in [0.29, 0.717) is 38.1 Å². The molecule has 1 aromatic heterocycles. The highest BCUT2D eigenvalue weighted by Gasteiger charge is 2.41. The van der Waals surface area contributed by atoms with E-state index in [9.17, 15) is 27.6 Å². The third-order valence-electron chi connectivity index (χ3n) is 7.10. The van der Waals surface area contributed by atoms with Crippen molar-refractivity contribution in [1.82, 2.24) is 14.8 Å². The molecule has 1 fully saturated rings. The van der Waals surface area contributed by atoms with Gasteiger partial charge in [0.25, 0.3) is 11.8 Å². The van der Waals surface area contributed by atoms with Crippen molar-refractivity contribution >= 4 is 11.8 Å². The van der Waals surface area contributed by atoms with E-state index in [0.717, 1.165) is 5.56 Å². The molecule has 8 nitrogen and oxygen atoms in total. The number of nitrogens with one attached hydrogen (secondary N) is 1. The molecule has 11 heteroatoms. The van der Waals surface area contributed by atoms with Crippen LogP contribution in [0, 0.1) is 17.5 Å². The second-order valence-corrected chi connectivity index (χ2v) is 9.50. The third kappa shape index (κ3) is 5.14. The molecule has 2 bridgehead atoms. The number of halogens is 3. The van der Waals surface area contributed by atoms with Crippen LogP contribution in [-0.2, 0) is 17.9 Å². The van der Waals surface area contributed by atoms with Crippen molar-refractivity contribution in [1.29, 1.82) is 0 Å². The quantitative estimate of drug-likeness (QED) is 0.494. The number of fused-ring (bicyclic) bond motifs is 4. The Bertz CT molecular complexity index is 1450. The molecule has 0 spiro atoms. The van der Waals surface area contributed by atoms with Crippen LogP contribution in [0.5, 0.6) is 5.75 Å². The molecular weight excluding hydrogens is 515 g/mol. The molecule has 2 amide bonds. The van der Waals surface area contributed by atoms with Gasteiger partial charge in [0.1, 0.15) is 29.6 Å². The smallest absolute Gasteiger partial charge is 0.274 e. The highest BCUT2D eigenvalue weighted by molar-refractivity contribution is 5.99. The molecule has 1 saturated heterocycles. The Labute approximate surface area is 221 Å². The van der Waals surface area contributed by atoms with Crippen molar-refractivity contribution in [3.63, 3.8) is 0 Å². The lowest BCUT2D eigenvalue weighted by molar-refractivity contribution is 0.0349. The topological polar surface area (TPSA) is 89.9 Å². The molecule has 2 aliphatic heterocycles. The number of pyridine rings is 1. The highest BCUT2D eigenvalue weighted by Crippen LogP contribution is 2.34. The van der Waals surface area contributed by atoms with Crippen molar-refractivity contribution < 1.29 is 32.2 Å². The molecule has 0 saturated carbocycles. The van der Waals surface area contributed by atoms with Gasteiger partial charge in [-0.1, -0.05) is 30.3 Å². The zero-order chi connectivity index (χ0) is 27.7. The minimum Gasteiger partial charge on any atom is -0.483 e. The maximum absolute atomic E-state index is 14.1. The number of hydrogen-bond acceptors (Lipinski definition) is 5. The summed E-state index contributed by atoms with van der Waals surface area (Å²) in [7, 11) is 1.56. The summed E-state index contributed by atoms with van der Waals surface area (Å²) in [4.78, 5) is 41.9. The Morgan fingerprint density at radius 3 is 2.51 bits per heavy atom. The van der Waals surface area contributed by atoms with E-state index in [2.05, 4.69) is 5.32 Å². The monoisotopic (exact) mass is 541 g/mol. The molecule has 5 rings (SSSR count). The molecule has 0 aliphatic carbocycles. The minimum atomic E-state index is -1.17. The summed E-state index contributed by atoms with van der Waals surface area (Å²) >= 11 is 0. The summed E-state index contributed by atoms with van der Waals surface area (Å²) in [5.74, 6) is -5.06. The van der Waals surface area contributed by atoms with E-state index in [1.54, 1.807) is 40.8 Å². The van der Waals surface area contributed by atoms with Gasteiger partial charge in [-0.3, -0.25) is 14.4 Å². The average molecular weight is 542 g/mol. The lowest BCUT2D eigenvalue weighted by Crippen LogP contribution is -2.47. The van der Waals surface area contributed by atoms with Gasteiger partial charge >= 0.3 is 0 Å². The number of hydrogen-bond donors (Lipinski definition) is 1. The average Bonchev–Trinajstić information content (AvgIpc) is 3.11. The fraction of sp³-hybridized carbons (Fsp3) is 0.321. The first-order valence-corrected chi connectivity index (χ1v) is 12.5. The molecule has 3 aromatic rings. The second kappa shape index (κ2) is 10.9. The number of methoxy groups -OCH3 is 1. The first-order chi connectivity index (χ1) is 18.8. The maximum Gasteiger partial charge on any atom is 0.274 e. The summed E-state index contributed by atoms with van der Waals surface area (Å²) in [5, 5.41) is 2.33. The number of carbonyl (C=O) groups is 2. The number of rotatable bonds is 7. The standard InChI is InChI=1S/C28H26F3N3O5/c1-38-23-8-5-9-33-14-22(23)34-13-19(27(36)32-12-18-20(30)10-17(29)11-21(18)31)25(35)26(24(34)28(33)37)39-15-16-6-3-2-4-7-16/h2-4,6-7,10-11,13,22-23H,5,8-9,12,14-15H2,1H3,(H,32,36). The van der Waals surface area contributed by atoms with Crippen LogP contribution in [0.25, 0.3) is 0 Å². The predicted octanol–water partition coefficient (Wildman–Crippen LogP) is 3.58. The fourth-order valence-corrected chi connectivity index (χ4v) is 5.10. The Morgan fingerprint density at radius 1 is 1.10 bits per heavy atom. The maximum atomic E-state index is 14.1. The van der Waals surface area contributed by atoms with Crippen LogP contribution in [-0.4, -0.2) is 47.6 Å². The van der Waals surface area contributed by atoms with Gasteiger partial charge in [-0.15, -0.1) is 0 Å². The Hall–Kier alpha value is -4.12. The predicted molar refractivity (Wildman–Crippen MR) is 134 cm³/mol. The highest BCUT2D eigenvalue weighted by atomic mass is 19.1. The summed E-state index contributed by atoms with van der Waals surface area (Å²) in [6, 6.07) is 9.61. The molecule has 204 valence electrons. The lowest BCUT2D eigenvalue weighted by Gasteiger charge is -2.37. The van der Waals surface area contributed by atoms with Crippen LogP contribution >= 0.6 is 0 Å². The lowest BCUT2D eigenvalue weighted by atomic mass is 10.0. The zero-order valence-electron chi connectivity index (χ0n) is 21.1. The van der Waals surface area contributed by atoms with Gasteiger partial charge in [0.2, 0.25) is 5.43 Å². The molecule has 2 atom stereocenters. The summed E-state index contributed by atoms with van der Waals surface area (Å²) in [6.45, 7) is 0.137. The van der Waals surface area contributed by atoms with E-state index in [-0.39, 0.29) is 29.7 Å². The van der Waals surface area contributed by atoms with Crippen LogP contribution in [0.2, 0.25) is 0 Å². The summed E-state index contributed by atoms with van der Waals surface area (Å²) in [5.41, 5.74) is -1.01. The molecular formula is C28H26F3N3O5. The first kappa shape index (κ1) is 26.5. The number of ether oxygens (including phenoxy) is 2. The number of amides is 2. The molecule has 2 aromatic carbocycles. The fourth-order valence-electron chi connectivity index (χ4n) is 5.10. The molecule has 0 radical (unpaired) electrons. The Balaban J connectivity index is 1.56. The number of benzene rings is 2. The van der Waals surface area contributed by atoms with Crippen molar-refractivity contribution in [2.75, 3.05) is 20.2 Å². The number of nitrogens with zero attached hydrogens (tertiary/aromatic N) is 2. The molecule has 2 unspecified atom stereocenters. The van der Waals surface area contributed by atoms with Crippen molar-refractivity contribution in [3.05, 3.63) is 98.7 Å². The van der Waals surface area contributed by atoms with Gasteiger partial charge in [-0.2, -0.15) is 0 Å². The molecule has 1 N–H and O–H groups in total. The second-order valence-electron chi connectivity index (χ2n) is 9.50. The number of carbonyl (C=O) groups excluding carboxylic acids is 2. The van der Waals surface area contributed by atoms with Crippen LogP contribution in [0.1, 0.15) is 50.9 Å².